The normalized spacial score (nSPS) is 15.6. The molecular formula is C49H31NS2. The Morgan fingerprint density at radius 1 is 0.365 bits per heavy atom. The van der Waals surface area contributed by atoms with Gasteiger partial charge in [0.25, 0.3) is 0 Å². The molecule has 1 atom stereocenters. The standard InChI is InChI=1S/C49H31NS2/c1-3-14-32(15-4-1)33-27-29-47-42(31-33)49(39-20-8-11-24-45(39)51-47)40-21-9-12-25-46(40)52-48-36(19-13-22-41(48)49)34-26-28-44-38(30-34)37-18-7-10-23-43(37)50(44)35-16-5-2-6-17-35/h1-31H. The maximum atomic E-state index is 2.47. The van der Waals surface area contributed by atoms with Crippen molar-refractivity contribution >= 4 is 45.3 Å². The molecule has 0 radical (unpaired) electrons. The van der Waals surface area contributed by atoms with Crippen LogP contribution < -0.4 is 0 Å². The average molecular weight is 698 g/mol. The number of benzene rings is 8. The molecule has 1 unspecified atom stereocenters. The Bertz CT molecular complexity index is 2840. The van der Waals surface area contributed by atoms with Crippen molar-refractivity contribution in [1.29, 1.82) is 0 Å². The smallest absolute Gasteiger partial charge is 0.0745 e. The molecule has 0 fully saturated rings. The van der Waals surface area contributed by atoms with Crippen LogP contribution in [0.4, 0.5) is 0 Å². The molecule has 244 valence electrons. The van der Waals surface area contributed by atoms with Crippen LogP contribution >= 0.6 is 23.5 Å². The average Bonchev–Trinajstić information content (AvgIpc) is 3.55. The molecule has 2 aliphatic heterocycles. The third-order valence-electron chi connectivity index (χ3n) is 10.9. The van der Waals surface area contributed by atoms with Crippen molar-refractivity contribution in [3.8, 4) is 27.9 Å². The van der Waals surface area contributed by atoms with E-state index in [0.29, 0.717) is 0 Å². The van der Waals surface area contributed by atoms with E-state index >= 15 is 0 Å². The molecule has 1 spiro atoms. The number of rotatable bonds is 3. The Balaban J connectivity index is 1.20. The summed E-state index contributed by atoms with van der Waals surface area (Å²) in [6, 6.07) is 69.7. The maximum absolute atomic E-state index is 2.47. The summed E-state index contributed by atoms with van der Waals surface area (Å²) in [4.78, 5) is 5.26. The van der Waals surface area contributed by atoms with E-state index in [-0.39, 0.29) is 0 Å². The van der Waals surface area contributed by atoms with Crippen LogP contribution in [0.5, 0.6) is 0 Å². The SMILES string of the molecule is c1ccc(-c2ccc3c(c2)C2(c4ccccc4S3)c3ccccc3Sc3c(-c4ccc5c(c4)c4ccccc4n5-c4ccccc4)cccc32)cc1. The van der Waals surface area contributed by atoms with E-state index < -0.39 is 5.41 Å². The summed E-state index contributed by atoms with van der Waals surface area (Å²) < 4.78 is 2.40. The minimum atomic E-state index is -0.484. The van der Waals surface area contributed by atoms with E-state index in [1.165, 1.54) is 91.6 Å². The van der Waals surface area contributed by atoms with Crippen molar-refractivity contribution in [3.63, 3.8) is 0 Å². The molecule has 1 aromatic heterocycles. The van der Waals surface area contributed by atoms with Gasteiger partial charge >= 0.3 is 0 Å². The lowest BCUT2D eigenvalue weighted by atomic mass is 9.64. The molecule has 3 heteroatoms. The van der Waals surface area contributed by atoms with Crippen molar-refractivity contribution in [3.05, 3.63) is 210 Å². The zero-order valence-electron chi connectivity index (χ0n) is 28.2. The van der Waals surface area contributed by atoms with Crippen LogP contribution in [0.1, 0.15) is 22.3 Å². The topological polar surface area (TPSA) is 4.93 Å². The first-order valence-corrected chi connectivity index (χ1v) is 19.4. The third kappa shape index (κ3) is 4.27. The number of para-hydroxylation sites is 2. The molecule has 11 rings (SSSR count). The highest BCUT2D eigenvalue weighted by Crippen LogP contribution is 2.63. The molecule has 0 saturated carbocycles. The predicted octanol–water partition coefficient (Wildman–Crippen LogP) is 13.4. The Labute approximate surface area is 311 Å². The fraction of sp³-hybridized carbons (Fsp3) is 0.0204. The van der Waals surface area contributed by atoms with E-state index in [1.807, 2.05) is 23.5 Å². The number of aromatic nitrogens is 1. The molecule has 3 heterocycles. The fourth-order valence-electron chi connectivity index (χ4n) is 8.72. The first-order valence-electron chi connectivity index (χ1n) is 17.8. The molecule has 0 N–H and O–H groups in total. The highest BCUT2D eigenvalue weighted by molar-refractivity contribution is 8.00. The molecule has 0 bridgehead atoms. The van der Waals surface area contributed by atoms with Gasteiger partial charge in [0.1, 0.15) is 0 Å². The minimum absolute atomic E-state index is 0.484. The van der Waals surface area contributed by atoms with Gasteiger partial charge in [0, 0.05) is 36.0 Å². The molecule has 52 heavy (non-hydrogen) atoms. The van der Waals surface area contributed by atoms with Gasteiger partial charge in [0.05, 0.1) is 16.4 Å². The summed E-state index contributed by atoms with van der Waals surface area (Å²) in [7, 11) is 0. The monoisotopic (exact) mass is 697 g/mol. The summed E-state index contributed by atoms with van der Waals surface area (Å²) in [5, 5.41) is 2.53. The lowest BCUT2D eigenvalue weighted by molar-refractivity contribution is 0.668. The summed E-state index contributed by atoms with van der Waals surface area (Å²) >= 11 is 3.82. The van der Waals surface area contributed by atoms with Crippen LogP contribution in [-0.2, 0) is 5.41 Å². The third-order valence-corrected chi connectivity index (χ3v) is 13.3. The molecule has 9 aromatic rings. The highest BCUT2D eigenvalue weighted by atomic mass is 32.2. The number of fused-ring (bicyclic) bond motifs is 11. The van der Waals surface area contributed by atoms with Crippen LogP contribution in [0.2, 0.25) is 0 Å². The molecule has 0 aliphatic carbocycles. The molecule has 2 aliphatic rings. The summed E-state index contributed by atoms with van der Waals surface area (Å²) in [6.45, 7) is 0. The lowest BCUT2D eigenvalue weighted by Gasteiger charge is -2.46. The molecule has 0 saturated heterocycles. The van der Waals surface area contributed by atoms with E-state index in [9.17, 15) is 0 Å². The van der Waals surface area contributed by atoms with E-state index in [1.54, 1.807) is 0 Å². The van der Waals surface area contributed by atoms with Crippen LogP contribution in [-0.4, -0.2) is 4.57 Å². The van der Waals surface area contributed by atoms with Crippen LogP contribution in [0.15, 0.2) is 208 Å². The number of hydrogen-bond donors (Lipinski definition) is 0. The van der Waals surface area contributed by atoms with Crippen molar-refractivity contribution in [2.24, 2.45) is 0 Å². The Morgan fingerprint density at radius 2 is 0.981 bits per heavy atom. The second-order valence-corrected chi connectivity index (χ2v) is 15.8. The van der Waals surface area contributed by atoms with Crippen LogP contribution in [0, 0.1) is 0 Å². The Morgan fingerprint density at radius 3 is 1.79 bits per heavy atom. The van der Waals surface area contributed by atoms with E-state index in [4.69, 9.17) is 0 Å². The van der Waals surface area contributed by atoms with Crippen molar-refractivity contribution in [1.82, 2.24) is 4.57 Å². The number of nitrogens with zero attached hydrogens (tertiary/aromatic N) is 1. The summed E-state index contributed by atoms with van der Waals surface area (Å²) in [5.74, 6) is 0. The van der Waals surface area contributed by atoms with Gasteiger partial charge in [-0.3, -0.25) is 0 Å². The van der Waals surface area contributed by atoms with Gasteiger partial charge in [-0.15, -0.1) is 0 Å². The first kappa shape index (κ1) is 29.9. The zero-order valence-corrected chi connectivity index (χ0v) is 29.8. The van der Waals surface area contributed by atoms with Crippen LogP contribution in [0.3, 0.4) is 0 Å². The van der Waals surface area contributed by atoms with Gasteiger partial charge in [0.2, 0.25) is 0 Å². The minimum Gasteiger partial charge on any atom is -0.309 e. The molecule has 8 aromatic carbocycles. The summed E-state index contributed by atoms with van der Waals surface area (Å²) in [6.07, 6.45) is 0. The quantitative estimate of drug-likeness (QED) is 0.181. The Kier molecular flexibility index (Phi) is 6.70. The van der Waals surface area contributed by atoms with Gasteiger partial charge in [0.15, 0.2) is 0 Å². The molecule has 0 amide bonds. The second-order valence-electron chi connectivity index (χ2n) is 13.6. The largest absolute Gasteiger partial charge is 0.309 e. The van der Waals surface area contributed by atoms with Crippen molar-refractivity contribution in [2.75, 3.05) is 0 Å². The van der Waals surface area contributed by atoms with E-state index in [0.717, 1.165) is 0 Å². The Hall–Kier alpha value is -5.74. The van der Waals surface area contributed by atoms with Gasteiger partial charge in [-0.05, 0) is 99.1 Å². The van der Waals surface area contributed by atoms with Crippen LogP contribution in [0.25, 0.3) is 49.7 Å². The van der Waals surface area contributed by atoms with Gasteiger partial charge in [-0.25, -0.2) is 0 Å². The highest BCUT2D eigenvalue weighted by Gasteiger charge is 2.49. The first-order chi connectivity index (χ1) is 25.8. The molecule has 1 nitrogen and oxygen atoms in total. The van der Waals surface area contributed by atoms with Gasteiger partial charge < -0.3 is 4.57 Å². The van der Waals surface area contributed by atoms with Crippen molar-refractivity contribution < 1.29 is 0 Å². The predicted molar refractivity (Wildman–Crippen MR) is 218 cm³/mol. The van der Waals surface area contributed by atoms with Gasteiger partial charge in [-0.2, -0.15) is 0 Å². The number of hydrogen-bond acceptors (Lipinski definition) is 2. The zero-order chi connectivity index (χ0) is 34.2. The second kappa shape index (κ2) is 11.6. The molecular weight excluding hydrogens is 667 g/mol. The fourth-order valence-corrected chi connectivity index (χ4v) is 11.2. The summed E-state index contributed by atoms with van der Waals surface area (Å²) in [5.41, 5.74) is 13.5. The maximum Gasteiger partial charge on any atom is 0.0745 e. The van der Waals surface area contributed by atoms with Gasteiger partial charge in [-0.1, -0.05) is 157 Å². The van der Waals surface area contributed by atoms with Crippen molar-refractivity contribution in [2.45, 2.75) is 25.0 Å². The lowest BCUT2D eigenvalue weighted by Crippen LogP contribution is -2.36. The van der Waals surface area contributed by atoms with E-state index in [2.05, 4.69) is 193 Å².